The predicted octanol–water partition coefficient (Wildman–Crippen LogP) is 2.54. The van der Waals surface area contributed by atoms with Gasteiger partial charge in [-0.05, 0) is 41.8 Å². The molecule has 0 saturated heterocycles. The molecule has 4 heteroatoms. The monoisotopic (exact) mass is 285 g/mol. The van der Waals surface area contributed by atoms with E-state index in [0.717, 1.165) is 22.9 Å². The lowest BCUT2D eigenvalue weighted by Gasteiger charge is -2.22. The zero-order valence-electron chi connectivity index (χ0n) is 9.46. The predicted molar refractivity (Wildman–Crippen MR) is 66.9 cm³/mol. The first kappa shape index (κ1) is 11.7. The summed E-state index contributed by atoms with van der Waals surface area (Å²) in [4.78, 5) is 0. The van der Waals surface area contributed by atoms with Crippen molar-refractivity contribution < 1.29 is 9.84 Å². The van der Waals surface area contributed by atoms with Crippen molar-refractivity contribution in [1.82, 2.24) is 0 Å². The molecule has 0 radical (unpaired) electrons. The topological polar surface area (TPSA) is 55.5 Å². The third-order valence-corrected chi connectivity index (χ3v) is 4.09. The van der Waals surface area contributed by atoms with E-state index in [1.807, 2.05) is 13.0 Å². The fraction of sp³-hybridized carbons (Fsp3) is 0.500. The molecule has 88 valence electrons. The summed E-state index contributed by atoms with van der Waals surface area (Å²) in [5, 5.41) is 10.0. The van der Waals surface area contributed by atoms with Crippen LogP contribution in [-0.2, 0) is 5.41 Å². The van der Waals surface area contributed by atoms with Crippen LogP contribution in [0.2, 0.25) is 0 Å². The molecule has 0 aliphatic heterocycles. The van der Waals surface area contributed by atoms with Crippen molar-refractivity contribution in [3.8, 4) is 11.5 Å². The van der Waals surface area contributed by atoms with E-state index in [1.165, 1.54) is 0 Å². The van der Waals surface area contributed by atoms with Gasteiger partial charge < -0.3 is 15.6 Å². The third kappa shape index (κ3) is 1.70. The lowest BCUT2D eigenvalue weighted by atomic mass is 9.89. The number of nitrogens with two attached hydrogens (primary N) is 1. The summed E-state index contributed by atoms with van der Waals surface area (Å²) in [6.45, 7) is 1.99. The van der Waals surface area contributed by atoms with E-state index in [0.29, 0.717) is 5.75 Å². The summed E-state index contributed by atoms with van der Waals surface area (Å²) in [5.41, 5.74) is 6.88. The van der Waals surface area contributed by atoms with E-state index in [1.54, 1.807) is 13.2 Å². The molecule has 1 saturated carbocycles. The van der Waals surface area contributed by atoms with Crippen LogP contribution < -0.4 is 10.5 Å². The lowest BCUT2D eigenvalue weighted by molar-refractivity contribution is 0.400. The van der Waals surface area contributed by atoms with Crippen LogP contribution in [0.4, 0.5) is 0 Å². The number of phenolic OH excluding ortho intramolecular Hbond substituents is 1. The Morgan fingerprint density at radius 2 is 2.12 bits per heavy atom. The molecule has 3 N–H and O–H groups in total. The van der Waals surface area contributed by atoms with Gasteiger partial charge in [0.2, 0.25) is 0 Å². The molecule has 1 aliphatic carbocycles. The molecule has 1 aliphatic rings. The molecule has 16 heavy (non-hydrogen) atoms. The summed E-state index contributed by atoms with van der Waals surface area (Å²) in [6, 6.07) is 3.62. The van der Waals surface area contributed by atoms with Gasteiger partial charge >= 0.3 is 0 Å². The van der Waals surface area contributed by atoms with Crippen molar-refractivity contribution in [2.24, 2.45) is 5.73 Å². The van der Waals surface area contributed by atoms with Crippen molar-refractivity contribution in [2.45, 2.75) is 31.2 Å². The smallest absolute Gasteiger partial charge is 0.136 e. The SMILES string of the molecule is COc1cc(O)c(C2(C(C)N)CC2)cc1Br. The molecule has 0 aromatic heterocycles. The second-order valence-corrected chi connectivity index (χ2v) is 5.30. The second-order valence-electron chi connectivity index (χ2n) is 4.45. The average molecular weight is 286 g/mol. The number of rotatable bonds is 3. The van der Waals surface area contributed by atoms with Crippen LogP contribution in [0.3, 0.4) is 0 Å². The first-order valence-electron chi connectivity index (χ1n) is 5.34. The van der Waals surface area contributed by atoms with Crippen molar-refractivity contribution in [3.63, 3.8) is 0 Å². The normalized spacial score (nSPS) is 19.2. The van der Waals surface area contributed by atoms with E-state index >= 15 is 0 Å². The van der Waals surface area contributed by atoms with Crippen LogP contribution >= 0.6 is 15.9 Å². The van der Waals surface area contributed by atoms with Gasteiger partial charge in [0, 0.05) is 23.1 Å². The molecule has 1 atom stereocenters. The largest absolute Gasteiger partial charge is 0.508 e. The highest BCUT2D eigenvalue weighted by atomic mass is 79.9. The van der Waals surface area contributed by atoms with Gasteiger partial charge in [-0.25, -0.2) is 0 Å². The molecule has 0 spiro atoms. The van der Waals surface area contributed by atoms with E-state index in [2.05, 4.69) is 15.9 Å². The second kappa shape index (κ2) is 3.93. The molecule has 1 aromatic carbocycles. The van der Waals surface area contributed by atoms with Gasteiger partial charge in [0.1, 0.15) is 11.5 Å². The fourth-order valence-electron chi connectivity index (χ4n) is 2.20. The van der Waals surface area contributed by atoms with Gasteiger partial charge in [-0.2, -0.15) is 0 Å². The first-order valence-corrected chi connectivity index (χ1v) is 6.13. The minimum atomic E-state index is -0.0428. The summed E-state index contributed by atoms with van der Waals surface area (Å²) in [5.74, 6) is 0.913. The molecule has 0 bridgehead atoms. The molecule has 1 unspecified atom stereocenters. The van der Waals surface area contributed by atoms with Gasteiger partial charge in [0.25, 0.3) is 0 Å². The zero-order chi connectivity index (χ0) is 11.9. The number of phenols is 1. The maximum absolute atomic E-state index is 10.0. The Kier molecular flexibility index (Phi) is 2.88. The van der Waals surface area contributed by atoms with Crippen molar-refractivity contribution in [2.75, 3.05) is 7.11 Å². The van der Waals surface area contributed by atoms with Crippen LogP contribution in [0.15, 0.2) is 16.6 Å². The summed E-state index contributed by atoms with van der Waals surface area (Å²) >= 11 is 3.43. The maximum atomic E-state index is 10.0. The third-order valence-electron chi connectivity index (χ3n) is 3.47. The minimum Gasteiger partial charge on any atom is -0.508 e. The molecule has 1 aromatic rings. The summed E-state index contributed by atoms with van der Waals surface area (Å²) in [7, 11) is 1.58. The van der Waals surface area contributed by atoms with Crippen LogP contribution in [0.5, 0.6) is 11.5 Å². The van der Waals surface area contributed by atoms with E-state index in [-0.39, 0.29) is 17.2 Å². The van der Waals surface area contributed by atoms with Gasteiger partial charge in [-0.15, -0.1) is 0 Å². The Hall–Kier alpha value is -0.740. The first-order chi connectivity index (χ1) is 7.51. The number of ether oxygens (including phenoxy) is 1. The fourth-order valence-corrected chi connectivity index (χ4v) is 2.71. The number of hydrogen-bond donors (Lipinski definition) is 2. The summed E-state index contributed by atoms with van der Waals surface area (Å²) in [6.07, 6.45) is 2.08. The average Bonchev–Trinajstić information content (AvgIpc) is 3.01. The Morgan fingerprint density at radius 3 is 2.56 bits per heavy atom. The quantitative estimate of drug-likeness (QED) is 0.897. The van der Waals surface area contributed by atoms with Gasteiger partial charge in [-0.3, -0.25) is 0 Å². The number of methoxy groups -OCH3 is 1. The highest BCUT2D eigenvalue weighted by molar-refractivity contribution is 9.10. The maximum Gasteiger partial charge on any atom is 0.136 e. The molecule has 2 rings (SSSR count). The van der Waals surface area contributed by atoms with Gasteiger partial charge in [0.15, 0.2) is 0 Å². The molecular weight excluding hydrogens is 270 g/mol. The Bertz CT molecular complexity index is 414. The van der Waals surface area contributed by atoms with Crippen LogP contribution in [0, 0.1) is 0 Å². The molecule has 3 nitrogen and oxygen atoms in total. The van der Waals surface area contributed by atoms with E-state index in [4.69, 9.17) is 10.5 Å². The Balaban J connectivity index is 2.47. The van der Waals surface area contributed by atoms with E-state index < -0.39 is 0 Å². The summed E-state index contributed by atoms with van der Waals surface area (Å²) < 4.78 is 5.99. The lowest BCUT2D eigenvalue weighted by Crippen LogP contribution is -2.31. The van der Waals surface area contributed by atoms with E-state index in [9.17, 15) is 5.11 Å². The number of aromatic hydroxyl groups is 1. The van der Waals surface area contributed by atoms with Crippen molar-refractivity contribution in [1.29, 1.82) is 0 Å². The highest BCUT2D eigenvalue weighted by Gasteiger charge is 2.49. The molecule has 1 fully saturated rings. The van der Waals surface area contributed by atoms with Gasteiger partial charge in [0.05, 0.1) is 11.6 Å². The molecule has 0 amide bonds. The Labute approximate surface area is 104 Å². The highest BCUT2D eigenvalue weighted by Crippen LogP contribution is 2.54. The number of hydrogen-bond acceptors (Lipinski definition) is 3. The number of benzene rings is 1. The van der Waals surface area contributed by atoms with Crippen LogP contribution in [0.25, 0.3) is 0 Å². The van der Waals surface area contributed by atoms with Crippen LogP contribution in [0.1, 0.15) is 25.3 Å². The van der Waals surface area contributed by atoms with Crippen LogP contribution in [-0.4, -0.2) is 18.3 Å². The minimum absolute atomic E-state index is 0.0428. The Morgan fingerprint density at radius 1 is 1.50 bits per heavy atom. The molecular formula is C12H16BrNO2. The standard InChI is InChI=1S/C12H16BrNO2/c1-7(14)12(3-4-12)8-5-9(13)11(16-2)6-10(8)15/h5-7,15H,3-4,14H2,1-2H3. The number of halogens is 1. The molecule has 0 heterocycles. The zero-order valence-corrected chi connectivity index (χ0v) is 11.0. The van der Waals surface area contributed by atoms with Crippen molar-refractivity contribution in [3.05, 3.63) is 22.2 Å². The van der Waals surface area contributed by atoms with Gasteiger partial charge in [-0.1, -0.05) is 0 Å². The van der Waals surface area contributed by atoms with Crippen molar-refractivity contribution >= 4 is 15.9 Å².